The number of fused-ring (bicyclic) bond motifs is 1. The van der Waals surface area contributed by atoms with Gasteiger partial charge in [-0.05, 0) is 47.8 Å². The Kier molecular flexibility index (Phi) is 4.93. The molecule has 0 aliphatic carbocycles. The van der Waals surface area contributed by atoms with E-state index in [1.807, 2.05) is 24.3 Å². The molecule has 0 unspecified atom stereocenters. The Morgan fingerprint density at radius 3 is 2.86 bits per heavy atom. The predicted molar refractivity (Wildman–Crippen MR) is 108 cm³/mol. The Hall–Kier alpha value is -3.41. The van der Waals surface area contributed by atoms with Crippen molar-refractivity contribution in [3.63, 3.8) is 0 Å². The van der Waals surface area contributed by atoms with E-state index in [1.165, 1.54) is 0 Å². The maximum Gasteiger partial charge on any atom is 0.246 e. The lowest BCUT2D eigenvalue weighted by Crippen LogP contribution is -2.33. The molecule has 142 valence electrons. The molecule has 0 radical (unpaired) electrons. The summed E-state index contributed by atoms with van der Waals surface area (Å²) < 4.78 is 0. The normalized spacial score (nSPS) is 16.5. The Balaban J connectivity index is 1.41. The zero-order valence-electron chi connectivity index (χ0n) is 15.4. The number of aromatic nitrogens is 1. The number of phenolic OH excluding ortho intramolecular Hbond substituents is 1. The number of aromatic hydroxyl groups is 1. The van der Waals surface area contributed by atoms with Crippen molar-refractivity contribution >= 4 is 29.3 Å². The summed E-state index contributed by atoms with van der Waals surface area (Å²) in [6, 6.07) is 9.22. The van der Waals surface area contributed by atoms with Gasteiger partial charge in [-0.3, -0.25) is 9.59 Å². The molecule has 2 N–H and O–H groups in total. The van der Waals surface area contributed by atoms with Gasteiger partial charge in [0.1, 0.15) is 11.6 Å². The fourth-order valence-electron chi connectivity index (χ4n) is 3.50. The average molecular weight is 375 g/mol. The standard InChI is InChI=1S/C22H21N3O3/c26-19-4-2-1-3-18(19)16-9-11-25(12-10-16)21(28)8-5-15-13-17-6-7-20(27)24-22(17)23-14-15/h1-5,8-9,13-14,26H,6-7,10-12H2,(H,23,24,27)/b8-5+. The van der Waals surface area contributed by atoms with Crippen LogP contribution in [0.5, 0.6) is 5.75 Å². The number of para-hydroxylation sites is 1. The van der Waals surface area contributed by atoms with Gasteiger partial charge in [0, 0.05) is 37.3 Å². The highest BCUT2D eigenvalue weighted by atomic mass is 16.3. The number of nitrogens with one attached hydrogen (secondary N) is 1. The molecule has 2 amide bonds. The van der Waals surface area contributed by atoms with Crippen molar-refractivity contribution in [3.05, 3.63) is 65.4 Å². The second kappa shape index (κ2) is 7.68. The number of hydrogen-bond donors (Lipinski definition) is 2. The minimum absolute atomic E-state index is 0.0141. The van der Waals surface area contributed by atoms with Crippen LogP contribution in [0.2, 0.25) is 0 Å². The Bertz CT molecular complexity index is 994. The topological polar surface area (TPSA) is 82.5 Å². The molecule has 1 aromatic heterocycles. The van der Waals surface area contributed by atoms with Gasteiger partial charge >= 0.3 is 0 Å². The molecular formula is C22H21N3O3. The van der Waals surface area contributed by atoms with Crippen molar-refractivity contribution in [2.75, 3.05) is 18.4 Å². The van der Waals surface area contributed by atoms with Crippen molar-refractivity contribution in [2.24, 2.45) is 0 Å². The van der Waals surface area contributed by atoms with Gasteiger partial charge in [0.05, 0.1) is 0 Å². The quantitative estimate of drug-likeness (QED) is 0.808. The Morgan fingerprint density at radius 2 is 2.07 bits per heavy atom. The van der Waals surface area contributed by atoms with Crippen LogP contribution in [0.4, 0.5) is 5.82 Å². The highest BCUT2D eigenvalue weighted by molar-refractivity contribution is 5.94. The highest BCUT2D eigenvalue weighted by Crippen LogP contribution is 2.29. The van der Waals surface area contributed by atoms with Crippen LogP contribution < -0.4 is 5.32 Å². The molecule has 0 spiro atoms. The predicted octanol–water partition coefficient (Wildman–Crippen LogP) is 3.00. The third-order valence-electron chi connectivity index (χ3n) is 5.06. The van der Waals surface area contributed by atoms with E-state index in [4.69, 9.17) is 0 Å². The second-order valence-electron chi connectivity index (χ2n) is 6.94. The molecule has 2 aromatic rings. The molecule has 6 nitrogen and oxygen atoms in total. The molecule has 2 aliphatic heterocycles. The molecular weight excluding hydrogens is 354 g/mol. The van der Waals surface area contributed by atoms with E-state index < -0.39 is 0 Å². The molecule has 6 heteroatoms. The van der Waals surface area contributed by atoms with Crippen LogP contribution in [-0.2, 0) is 16.0 Å². The van der Waals surface area contributed by atoms with Gasteiger partial charge < -0.3 is 15.3 Å². The monoisotopic (exact) mass is 375 g/mol. The molecule has 0 bridgehead atoms. The van der Waals surface area contributed by atoms with Gasteiger partial charge in [-0.15, -0.1) is 0 Å². The second-order valence-corrected chi connectivity index (χ2v) is 6.94. The van der Waals surface area contributed by atoms with E-state index in [1.54, 1.807) is 35.4 Å². The third kappa shape index (κ3) is 3.81. The summed E-state index contributed by atoms with van der Waals surface area (Å²) >= 11 is 0. The first kappa shape index (κ1) is 18.0. The number of phenols is 1. The molecule has 0 atom stereocenters. The number of carbonyl (C=O) groups excluding carboxylic acids is 2. The Morgan fingerprint density at radius 1 is 1.21 bits per heavy atom. The van der Waals surface area contributed by atoms with Crippen LogP contribution in [0.1, 0.15) is 29.5 Å². The lowest BCUT2D eigenvalue weighted by atomic mass is 9.98. The average Bonchev–Trinajstić information content (AvgIpc) is 2.72. The van der Waals surface area contributed by atoms with Gasteiger partial charge in [-0.1, -0.05) is 24.3 Å². The molecule has 0 saturated heterocycles. The van der Waals surface area contributed by atoms with Crippen molar-refractivity contribution in [3.8, 4) is 5.75 Å². The van der Waals surface area contributed by atoms with E-state index in [0.29, 0.717) is 38.2 Å². The number of amides is 2. The van der Waals surface area contributed by atoms with E-state index in [-0.39, 0.29) is 17.6 Å². The van der Waals surface area contributed by atoms with Crippen molar-refractivity contribution in [2.45, 2.75) is 19.3 Å². The fraction of sp³-hybridized carbons (Fsp3) is 0.227. The van der Waals surface area contributed by atoms with Crippen LogP contribution in [0.25, 0.3) is 11.6 Å². The summed E-state index contributed by atoms with van der Waals surface area (Å²) in [5.41, 5.74) is 3.72. The van der Waals surface area contributed by atoms with Crippen molar-refractivity contribution < 1.29 is 14.7 Å². The first-order valence-corrected chi connectivity index (χ1v) is 9.33. The summed E-state index contributed by atoms with van der Waals surface area (Å²) in [6.07, 6.45) is 8.79. The summed E-state index contributed by atoms with van der Waals surface area (Å²) in [5.74, 6) is 0.806. The first-order valence-electron chi connectivity index (χ1n) is 9.33. The van der Waals surface area contributed by atoms with Crippen LogP contribution in [0, 0.1) is 0 Å². The smallest absolute Gasteiger partial charge is 0.246 e. The number of hydrogen-bond acceptors (Lipinski definition) is 4. The molecule has 1 aromatic carbocycles. The summed E-state index contributed by atoms with van der Waals surface area (Å²) in [7, 11) is 0. The minimum Gasteiger partial charge on any atom is -0.507 e. The number of carbonyl (C=O) groups is 2. The highest BCUT2D eigenvalue weighted by Gasteiger charge is 2.18. The number of aryl methyl sites for hydroxylation is 1. The van der Waals surface area contributed by atoms with Crippen LogP contribution >= 0.6 is 0 Å². The van der Waals surface area contributed by atoms with Crippen LogP contribution in [0.3, 0.4) is 0 Å². The summed E-state index contributed by atoms with van der Waals surface area (Å²) in [6.45, 7) is 1.12. The van der Waals surface area contributed by atoms with Gasteiger partial charge in [-0.2, -0.15) is 0 Å². The van der Waals surface area contributed by atoms with Gasteiger partial charge in [-0.25, -0.2) is 4.98 Å². The van der Waals surface area contributed by atoms with E-state index >= 15 is 0 Å². The number of pyridine rings is 1. The number of anilines is 1. The zero-order chi connectivity index (χ0) is 19.5. The largest absolute Gasteiger partial charge is 0.507 e. The van der Waals surface area contributed by atoms with Gasteiger partial charge in [0.2, 0.25) is 11.8 Å². The van der Waals surface area contributed by atoms with Crippen molar-refractivity contribution in [1.29, 1.82) is 0 Å². The minimum atomic E-state index is -0.0568. The lowest BCUT2D eigenvalue weighted by molar-refractivity contribution is -0.125. The molecule has 2 aliphatic rings. The third-order valence-corrected chi connectivity index (χ3v) is 5.06. The number of nitrogens with zero attached hydrogens (tertiary/aromatic N) is 2. The molecule has 0 fully saturated rings. The molecule has 4 rings (SSSR count). The van der Waals surface area contributed by atoms with Gasteiger partial charge in [0.25, 0.3) is 0 Å². The summed E-state index contributed by atoms with van der Waals surface area (Å²) in [5, 5.41) is 12.7. The fourth-order valence-corrected chi connectivity index (χ4v) is 3.50. The first-order chi connectivity index (χ1) is 13.6. The maximum atomic E-state index is 12.5. The van der Waals surface area contributed by atoms with E-state index in [9.17, 15) is 14.7 Å². The van der Waals surface area contributed by atoms with E-state index in [2.05, 4.69) is 10.3 Å². The van der Waals surface area contributed by atoms with Crippen LogP contribution in [0.15, 0.2) is 48.7 Å². The van der Waals surface area contributed by atoms with Crippen LogP contribution in [-0.4, -0.2) is 39.9 Å². The summed E-state index contributed by atoms with van der Waals surface area (Å²) in [4.78, 5) is 29.9. The molecule has 0 saturated carbocycles. The SMILES string of the molecule is O=C1CCc2cc(/C=C/C(=O)N3CC=C(c4ccccc4O)CC3)cnc2N1. The molecule has 28 heavy (non-hydrogen) atoms. The lowest BCUT2D eigenvalue weighted by Gasteiger charge is -2.26. The maximum absolute atomic E-state index is 12.5. The van der Waals surface area contributed by atoms with Crippen molar-refractivity contribution in [1.82, 2.24) is 9.88 Å². The van der Waals surface area contributed by atoms with Gasteiger partial charge in [0.15, 0.2) is 0 Å². The Labute approximate surface area is 163 Å². The number of benzene rings is 1. The molecule has 3 heterocycles. The van der Waals surface area contributed by atoms with E-state index in [0.717, 1.165) is 22.3 Å². The zero-order valence-corrected chi connectivity index (χ0v) is 15.4. The number of rotatable bonds is 3.